The van der Waals surface area contributed by atoms with E-state index >= 15 is 0 Å². The van der Waals surface area contributed by atoms with Crippen LogP contribution >= 0.6 is 0 Å². The number of hydrogen-bond acceptors (Lipinski definition) is 2. The predicted molar refractivity (Wildman–Crippen MR) is 89.6 cm³/mol. The van der Waals surface area contributed by atoms with Gasteiger partial charge in [0.1, 0.15) is 0 Å². The molecule has 0 aromatic heterocycles. The molecule has 0 spiro atoms. The second kappa shape index (κ2) is 5.23. The minimum Gasteiger partial charge on any atom is -0.271 e. The highest BCUT2D eigenvalue weighted by atomic mass is 15.2. The Morgan fingerprint density at radius 1 is 1.00 bits per heavy atom. The number of hydrazine groups is 1. The van der Waals surface area contributed by atoms with Gasteiger partial charge in [0.15, 0.2) is 0 Å². The van der Waals surface area contributed by atoms with E-state index < -0.39 is 0 Å². The zero-order chi connectivity index (χ0) is 15.3. The lowest BCUT2D eigenvalue weighted by molar-refractivity contribution is -0.150. The second-order valence-corrected chi connectivity index (χ2v) is 10.2. The number of nitrogens with two attached hydrogens (primary N) is 1. The molecule has 4 saturated carbocycles. The van der Waals surface area contributed by atoms with Crippen molar-refractivity contribution in [1.29, 1.82) is 0 Å². The van der Waals surface area contributed by atoms with Gasteiger partial charge in [-0.05, 0) is 85.9 Å². The first kappa shape index (κ1) is 15.8. The van der Waals surface area contributed by atoms with Crippen LogP contribution in [0.3, 0.4) is 0 Å². The van der Waals surface area contributed by atoms with Crippen molar-refractivity contribution in [2.75, 3.05) is 0 Å². The van der Waals surface area contributed by atoms with Crippen molar-refractivity contribution in [3.05, 3.63) is 0 Å². The molecule has 3 unspecified atom stereocenters. The summed E-state index contributed by atoms with van der Waals surface area (Å²) in [5, 5.41) is 0. The lowest BCUT2D eigenvalue weighted by Crippen LogP contribution is -2.56. The third kappa shape index (κ3) is 3.17. The molecule has 0 aliphatic heterocycles. The SMILES string of the molecule is CC(C)CCC(CC12CC3CC(C)(CC(C)(C3)C1)C2)NN. The summed E-state index contributed by atoms with van der Waals surface area (Å²) in [4.78, 5) is 0. The van der Waals surface area contributed by atoms with Crippen LogP contribution in [-0.4, -0.2) is 6.04 Å². The van der Waals surface area contributed by atoms with E-state index in [1.165, 1.54) is 57.8 Å². The molecule has 0 radical (unpaired) electrons. The van der Waals surface area contributed by atoms with Crippen molar-refractivity contribution >= 4 is 0 Å². The first-order chi connectivity index (χ1) is 9.76. The van der Waals surface area contributed by atoms with Crippen molar-refractivity contribution in [2.24, 2.45) is 33.9 Å². The monoisotopic (exact) mass is 292 g/mol. The Morgan fingerprint density at radius 3 is 2.10 bits per heavy atom. The Labute approximate surface area is 131 Å². The van der Waals surface area contributed by atoms with Gasteiger partial charge in [0.25, 0.3) is 0 Å². The number of hydrogen-bond donors (Lipinski definition) is 2. The van der Waals surface area contributed by atoms with Gasteiger partial charge in [-0.2, -0.15) is 0 Å². The topological polar surface area (TPSA) is 38.0 Å². The van der Waals surface area contributed by atoms with E-state index in [9.17, 15) is 0 Å². The van der Waals surface area contributed by atoms with Crippen molar-refractivity contribution in [1.82, 2.24) is 5.43 Å². The van der Waals surface area contributed by atoms with Crippen LogP contribution < -0.4 is 11.3 Å². The molecule has 21 heavy (non-hydrogen) atoms. The maximum absolute atomic E-state index is 5.90. The van der Waals surface area contributed by atoms with Gasteiger partial charge in [-0.15, -0.1) is 0 Å². The Bertz CT molecular complexity index is 371. The smallest absolute Gasteiger partial charge is 0.0215 e. The maximum atomic E-state index is 5.90. The molecule has 0 aromatic carbocycles. The standard InChI is InChI=1S/C19H36N2/c1-14(2)5-6-16(21-20)10-19-9-15-7-17(3,12-19)11-18(4,8-15)13-19/h14-16,21H,5-13,20H2,1-4H3. The summed E-state index contributed by atoms with van der Waals surface area (Å²) in [6.07, 6.45) is 12.7. The quantitative estimate of drug-likeness (QED) is 0.553. The Morgan fingerprint density at radius 2 is 1.62 bits per heavy atom. The van der Waals surface area contributed by atoms with E-state index in [1.807, 2.05) is 0 Å². The van der Waals surface area contributed by atoms with Crippen LogP contribution in [0.5, 0.6) is 0 Å². The van der Waals surface area contributed by atoms with E-state index in [4.69, 9.17) is 5.84 Å². The molecule has 4 fully saturated rings. The van der Waals surface area contributed by atoms with Gasteiger partial charge in [-0.25, -0.2) is 0 Å². The molecule has 122 valence electrons. The maximum Gasteiger partial charge on any atom is 0.0215 e. The van der Waals surface area contributed by atoms with E-state index in [1.54, 1.807) is 0 Å². The van der Waals surface area contributed by atoms with Crippen LogP contribution in [0, 0.1) is 28.1 Å². The Kier molecular flexibility index (Phi) is 3.94. The summed E-state index contributed by atoms with van der Waals surface area (Å²) in [7, 11) is 0. The number of nitrogens with one attached hydrogen (secondary N) is 1. The lowest BCUT2D eigenvalue weighted by Gasteiger charge is -2.66. The van der Waals surface area contributed by atoms with E-state index in [-0.39, 0.29) is 0 Å². The van der Waals surface area contributed by atoms with Gasteiger partial charge in [-0.1, -0.05) is 27.7 Å². The highest BCUT2D eigenvalue weighted by molar-refractivity contribution is 5.10. The largest absolute Gasteiger partial charge is 0.271 e. The van der Waals surface area contributed by atoms with Gasteiger partial charge in [0.05, 0.1) is 0 Å². The zero-order valence-corrected chi connectivity index (χ0v) is 14.7. The molecule has 4 rings (SSSR count). The molecule has 0 saturated heterocycles. The molecule has 4 bridgehead atoms. The van der Waals surface area contributed by atoms with Crippen molar-refractivity contribution in [2.45, 2.75) is 91.5 Å². The normalized spacial score (nSPS) is 46.3. The van der Waals surface area contributed by atoms with Gasteiger partial charge < -0.3 is 0 Å². The second-order valence-electron chi connectivity index (χ2n) is 10.2. The molecule has 0 amide bonds. The summed E-state index contributed by atoms with van der Waals surface area (Å²) in [5.74, 6) is 7.69. The Hall–Kier alpha value is -0.0800. The van der Waals surface area contributed by atoms with Crippen LogP contribution in [0.25, 0.3) is 0 Å². The van der Waals surface area contributed by atoms with Crippen LogP contribution in [0.2, 0.25) is 0 Å². The van der Waals surface area contributed by atoms with E-state index in [0.29, 0.717) is 22.3 Å². The zero-order valence-electron chi connectivity index (χ0n) is 14.7. The third-order valence-corrected chi connectivity index (χ3v) is 6.75. The first-order valence-corrected chi connectivity index (χ1v) is 9.22. The van der Waals surface area contributed by atoms with Crippen LogP contribution in [0.4, 0.5) is 0 Å². The fraction of sp³-hybridized carbons (Fsp3) is 1.00. The summed E-state index contributed by atoms with van der Waals surface area (Å²) in [6.45, 7) is 9.79. The van der Waals surface area contributed by atoms with E-state index in [2.05, 4.69) is 33.1 Å². The average Bonchev–Trinajstić information content (AvgIpc) is 2.29. The van der Waals surface area contributed by atoms with Crippen LogP contribution in [0.15, 0.2) is 0 Å². The molecule has 3 atom stereocenters. The highest BCUT2D eigenvalue weighted by Gasteiger charge is 2.59. The minimum atomic E-state index is 0.524. The fourth-order valence-corrected chi connectivity index (χ4v) is 7.21. The van der Waals surface area contributed by atoms with Crippen molar-refractivity contribution in [3.63, 3.8) is 0 Å². The van der Waals surface area contributed by atoms with Crippen LogP contribution in [-0.2, 0) is 0 Å². The molecule has 4 aliphatic rings. The Balaban J connectivity index is 1.72. The predicted octanol–water partition coefficient (Wildman–Crippen LogP) is 4.64. The molecule has 4 aliphatic carbocycles. The molecule has 2 heteroatoms. The molecular weight excluding hydrogens is 256 g/mol. The van der Waals surface area contributed by atoms with Gasteiger partial charge in [0.2, 0.25) is 0 Å². The van der Waals surface area contributed by atoms with Crippen molar-refractivity contribution < 1.29 is 0 Å². The molecular formula is C19H36N2. The third-order valence-electron chi connectivity index (χ3n) is 6.75. The van der Waals surface area contributed by atoms with Crippen LogP contribution in [0.1, 0.15) is 85.5 Å². The van der Waals surface area contributed by atoms with Gasteiger partial charge in [-0.3, -0.25) is 11.3 Å². The summed E-state index contributed by atoms with van der Waals surface area (Å²) < 4.78 is 0. The summed E-state index contributed by atoms with van der Waals surface area (Å²) >= 11 is 0. The number of rotatable bonds is 6. The van der Waals surface area contributed by atoms with Crippen molar-refractivity contribution in [3.8, 4) is 0 Å². The molecule has 3 N–H and O–H groups in total. The summed E-state index contributed by atoms with van der Waals surface area (Å²) in [6, 6.07) is 0.524. The molecule has 0 heterocycles. The molecule has 0 aromatic rings. The fourth-order valence-electron chi connectivity index (χ4n) is 7.21. The average molecular weight is 293 g/mol. The molecule has 2 nitrogen and oxygen atoms in total. The summed E-state index contributed by atoms with van der Waals surface area (Å²) in [5.41, 5.74) is 5.01. The van der Waals surface area contributed by atoms with E-state index in [0.717, 1.165) is 11.8 Å². The first-order valence-electron chi connectivity index (χ1n) is 9.22. The van der Waals surface area contributed by atoms with Gasteiger partial charge in [0, 0.05) is 6.04 Å². The lowest BCUT2D eigenvalue weighted by atomic mass is 9.39. The van der Waals surface area contributed by atoms with Gasteiger partial charge >= 0.3 is 0 Å². The minimum absolute atomic E-state index is 0.524. The highest BCUT2D eigenvalue weighted by Crippen LogP contribution is 2.70.